The van der Waals surface area contributed by atoms with Gasteiger partial charge in [-0.25, -0.2) is 4.79 Å². The van der Waals surface area contributed by atoms with Crippen LogP contribution in [0.2, 0.25) is 0 Å². The number of primary amides is 1. The lowest BCUT2D eigenvalue weighted by Crippen LogP contribution is -2.53. The zero-order valence-corrected chi connectivity index (χ0v) is 8.62. The van der Waals surface area contributed by atoms with E-state index in [2.05, 4.69) is 5.32 Å². The zero-order chi connectivity index (χ0) is 10.9. The van der Waals surface area contributed by atoms with Gasteiger partial charge >= 0.3 is 6.03 Å². The summed E-state index contributed by atoms with van der Waals surface area (Å²) < 4.78 is 5.74. The molecule has 0 aliphatic carbocycles. The largest absolute Gasteiger partial charge is 0.467 e. The van der Waals surface area contributed by atoms with E-state index in [9.17, 15) is 4.79 Å². The summed E-state index contributed by atoms with van der Waals surface area (Å²) >= 11 is 0. The molecule has 1 aliphatic heterocycles. The first kappa shape index (κ1) is 9.83. The Labute approximate surface area is 88.4 Å². The van der Waals surface area contributed by atoms with Crippen LogP contribution in [0, 0.1) is 0 Å². The molecule has 1 unspecified atom stereocenters. The molecule has 1 aromatic carbocycles. The van der Waals surface area contributed by atoms with Crippen LogP contribution in [-0.2, 0) is 6.42 Å². The molecule has 0 saturated heterocycles. The van der Waals surface area contributed by atoms with Crippen LogP contribution in [0.3, 0.4) is 0 Å². The van der Waals surface area contributed by atoms with E-state index in [0.717, 1.165) is 11.3 Å². The molecule has 2 amide bonds. The van der Waals surface area contributed by atoms with Gasteiger partial charge in [-0.1, -0.05) is 25.1 Å². The predicted molar refractivity (Wildman–Crippen MR) is 56.5 cm³/mol. The Morgan fingerprint density at radius 1 is 1.60 bits per heavy atom. The fourth-order valence-electron chi connectivity index (χ4n) is 1.88. The second-order valence-electron chi connectivity index (χ2n) is 3.72. The number of urea groups is 1. The average molecular weight is 206 g/mol. The maximum atomic E-state index is 10.9. The van der Waals surface area contributed by atoms with Crippen molar-refractivity contribution in [1.82, 2.24) is 5.32 Å². The van der Waals surface area contributed by atoms with Gasteiger partial charge in [-0.2, -0.15) is 0 Å². The number of benzene rings is 1. The number of nitrogens with one attached hydrogen (secondary N) is 1. The van der Waals surface area contributed by atoms with Crippen molar-refractivity contribution in [2.45, 2.75) is 25.5 Å². The van der Waals surface area contributed by atoms with Gasteiger partial charge in [0, 0.05) is 18.4 Å². The number of fused-ring (bicyclic) bond motifs is 1. The standard InChI is InChI=1S/C11H14N2O2/c1-2-11(13-10(12)14)7-8-5-3-4-6-9(8)15-11/h3-6H,2,7H2,1H3,(H3,12,13,14). The van der Waals surface area contributed by atoms with Crippen LogP contribution in [0.15, 0.2) is 24.3 Å². The quantitative estimate of drug-likeness (QED) is 0.768. The maximum Gasteiger partial charge on any atom is 0.315 e. The monoisotopic (exact) mass is 206 g/mol. The van der Waals surface area contributed by atoms with Crippen LogP contribution in [0.5, 0.6) is 5.75 Å². The van der Waals surface area contributed by atoms with Crippen molar-refractivity contribution in [3.8, 4) is 5.75 Å². The molecule has 1 aliphatic rings. The molecular weight excluding hydrogens is 192 g/mol. The van der Waals surface area contributed by atoms with E-state index >= 15 is 0 Å². The highest BCUT2D eigenvalue weighted by molar-refractivity contribution is 5.72. The van der Waals surface area contributed by atoms with E-state index in [0.29, 0.717) is 12.8 Å². The summed E-state index contributed by atoms with van der Waals surface area (Å²) in [7, 11) is 0. The first-order valence-electron chi connectivity index (χ1n) is 5.00. The SMILES string of the molecule is CCC1(NC(N)=O)Cc2ccccc2O1. The van der Waals surface area contributed by atoms with E-state index in [4.69, 9.17) is 10.5 Å². The molecule has 3 N–H and O–H groups in total. The van der Waals surface area contributed by atoms with Gasteiger partial charge in [-0.3, -0.25) is 0 Å². The first-order chi connectivity index (χ1) is 7.15. The summed E-state index contributed by atoms with van der Waals surface area (Å²) in [6.45, 7) is 1.96. The number of carbonyl (C=O) groups excluding carboxylic acids is 1. The molecule has 0 aromatic heterocycles. The third-order valence-electron chi connectivity index (χ3n) is 2.68. The Kier molecular flexibility index (Phi) is 2.26. The molecule has 0 radical (unpaired) electrons. The number of hydrogen-bond donors (Lipinski definition) is 2. The van der Waals surface area contributed by atoms with Crippen molar-refractivity contribution >= 4 is 6.03 Å². The van der Waals surface area contributed by atoms with Crippen LogP contribution in [0.1, 0.15) is 18.9 Å². The van der Waals surface area contributed by atoms with Crippen LogP contribution in [-0.4, -0.2) is 11.8 Å². The fourth-order valence-corrected chi connectivity index (χ4v) is 1.88. The molecule has 4 nitrogen and oxygen atoms in total. The summed E-state index contributed by atoms with van der Waals surface area (Å²) in [6.07, 6.45) is 1.35. The van der Waals surface area contributed by atoms with E-state index in [-0.39, 0.29) is 0 Å². The molecule has 0 saturated carbocycles. The van der Waals surface area contributed by atoms with Crippen LogP contribution >= 0.6 is 0 Å². The minimum absolute atomic E-state index is 0.551. The Hall–Kier alpha value is -1.71. The van der Waals surface area contributed by atoms with Gasteiger partial charge in [0.25, 0.3) is 0 Å². The number of ether oxygens (including phenoxy) is 1. The van der Waals surface area contributed by atoms with Crippen molar-refractivity contribution in [3.63, 3.8) is 0 Å². The lowest BCUT2D eigenvalue weighted by Gasteiger charge is -2.27. The molecule has 15 heavy (non-hydrogen) atoms. The number of amides is 2. The van der Waals surface area contributed by atoms with Crippen LogP contribution in [0.4, 0.5) is 4.79 Å². The highest BCUT2D eigenvalue weighted by Crippen LogP contribution is 2.34. The number of nitrogens with two attached hydrogens (primary N) is 1. The Morgan fingerprint density at radius 2 is 2.33 bits per heavy atom. The minimum Gasteiger partial charge on any atom is -0.467 e. The topological polar surface area (TPSA) is 64.3 Å². The molecule has 1 heterocycles. The normalized spacial score (nSPS) is 23.0. The van der Waals surface area contributed by atoms with Gasteiger partial charge in [0.15, 0.2) is 5.72 Å². The van der Waals surface area contributed by atoms with E-state index in [1.165, 1.54) is 0 Å². The lowest BCUT2D eigenvalue weighted by molar-refractivity contribution is 0.0644. The number of carbonyl (C=O) groups is 1. The number of rotatable bonds is 2. The van der Waals surface area contributed by atoms with Crippen molar-refractivity contribution in [2.24, 2.45) is 5.73 Å². The molecular formula is C11H14N2O2. The molecule has 0 fully saturated rings. The highest BCUT2D eigenvalue weighted by Gasteiger charge is 2.38. The van der Waals surface area contributed by atoms with Crippen molar-refractivity contribution < 1.29 is 9.53 Å². The number of hydrogen-bond acceptors (Lipinski definition) is 2. The average Bonchev–Trinajstić information content (AvgIpc) is 2.55. The number of para-hydroxylation sites is 1. The smallest absolute Gasteiger partial charge is 0.315 e. The summed E-state index contributed by atoms with van der Waals surface area (Å²) in [5, 5.41) is 2.67. The summed E-state index contributed by atoms with van der Waals surface area (Å²) in [6, 6.07) is 7.21. The Balaban J connectivity index is 2.25. The van der Waals surface area contributed by atoms with E-state index < -0.39 is 11.8 Å². The molecule has 2 rings (SSSR count). The summed E-state index contributed by atoms with van der Waals surface area (Å²) in [5.74, 6) is 0.827. The molecule has 4 heteroatoms. The van der Waals surface area contributed by atoms with Crippen LogP contribution < -0.4 is 15.8 Å². The molecule has 1 atom stereocenters. The Bertz CT molecular complexity index is 365. The van der Waals surface area contributed by atoms with Gasteiger partial charge in [0.2, 0.25) is 0 Å². The van der Waals surface area contributed by atoms with Gasteiger partial charge in [0.1, 0.15) is 5.75 Å². The second-order valence-corrected chi connectivity index (χ2v) is 3.72. The van der Waals surface area contributed by atoms with Crippen molar-refractivity contribution in [2.75, 3.05) is 0 Å². The third kappa shape index (κ3) is 1.75. The first-order valence-corrected chi connectivity index (χ1v) is 5.00. The lowest BCUT2D eigenvalue weighted by atomic mass is 10.0. The molecule has 1 aromatic rings. The molecule has 0 spiro atoms. The molecule has 0 bridgehead atoms. The van der Waals surface area contributed by atoms with E-state index in [1.807, 2.05) is 31.2 Å². The fraction of sp³-hybridized carbons (Fsp3) is 0.364. The summed E-state index contributed by atoms with van der Waals surface area (Å²) in [5.41, 5.74) is 5.59. The summed E-state index contributed by atoms with van der Waals surface area (Å²) in [4.78, 5) is 10.9. The van der Waals surface area contributed by atoms with Crippen molar-refractivity contribution in [1.29, 1.82) is 0 Å². The zero-order valence-electron chi connectivity index (χ0n) is 8.62. The van der Waals surface area contributed by atoms with Crippen LogP contribution in [0.25, 0.3) is 0 Å². The second kappa shape index (κ2) is 3.46. The predicted octanol–water partition coefficient (Wildman–Crippen LogP) is 1.40. The van der Waals surface area contributed by atoms with Gasteiger partial charge in [0.05, 0.1) is 0 Å². The van der Waals surface area contributed by atoms with Gasteiger partial charge in [-0.05, 0) is 6.07 Å². The van der Waals surface area contributed by atoms with Gasteiger partial charge < -0.3 is 15.8 Å². The maximum absolute atomic E-state index is 10.9. The minimum atomic E-state index is -0.657. The molecule has 80 valence electrons. The van der Waals surface area contributed by atoms with Gasteiger partial charge in [-0.15, -0.1) is 0 Å². The van der Waals surface area contributed by atoms with Crippen molar-refractivity contribution in [3.05, 3.63) is 29.8 Å². The Morgan fingerprint density at radius 3 is 2.93 bits per heavy atom. The third-order valence-corrected chi connectivity index (χ3v) is 2.68. The highest BCUT2D eigenvalue weighted by atomic mass is 16.5. The van der Waals surface area contributed by atoms with E-state index in [1.54, 1.807) is 0 Å².